The van der Waals surface area contributed by atoms with Crippen LogP contribution in [0.25, 0.3) is 0 Å². The van der Waals surface area contributed by atoms with E-state index in [1.165, 1.54) is 9.47 Å². The number of amides is 3. The molecule has 2 aliphatic rings. The Hall–Kier alpha value is -3.57. The van der Waals surface area contributed by atoms with E-state index in [0.29, 0.717) is 37.1 Å². The van der Waals surface area contributed by atoms with Crippen molar-refractivity contribution in [1.82, 2.24) is 4.57 Å². The smallest absolute Gasteiger partial charge is 0.308 e. The third kappa shape index (κ3) is 5.05. The molecule has 6 rings (SSSR count). The van der Waals surface area contributed by atoms with Crippen LogP contribution in [0, 0.1) is 5.92 Å². The number of thiazole rings is 1. The molecule has 0 aliphatic carbocycles. The molecular formula is C29H21Cl2N3O5S2. The molecule has 12 heteroatoms. The molecular weight excluding hydrogens is 605 g/mol. The fourth-order valence-electron chi connectivity index (χ4n) is 5.15. The number of nitrogens with one attached hydrogen (secondary N) is 1. The fraction of sp³-hybridized carbons (Fsp3) is 0.172. The minimum atomic E-state index is -0.795. The van der Waals surface area contributed by atoms with E-state index in [1.54, 1.807) is 79.9 Å². The number of fused-ring (bicyclic) bond motifs is 2. The Morgan fingerprint density at radius 1 is 0.902 bits per heavy atom. The first-order valence-electron chi connectivity index (χ1n) is 12.5. The third-order valence-corrected chi connectivity index (χ3v) is 10.1. The summed E-state index contributed by atoms with van der Waals surface area (Å²) in [5.41, 5.74) is 1.73. The number of carbonyl (C=O) groups is 3. The van der Waals surface area contributed by atoms with Crippen LogP contribution in [-0.4, -0.2) is 34.6 Å². The number of methoxy groups -OCH3 is 1. The van der Waals surface area contributed by atoms with Crippen molar-refractivity contribution in [1.29, 1.82) is 0 Å². The second-order valence-corrected chi connectivity index (χ2v) is 12.5. The molecule has 0 radical (unpaired) electrons. The Bertz CT molecular complexity index is 1720. The van der Waals surface area contributed by atoms with Gasteiger partial charge in [-0.1, -0.05) is 58.4 Å². The maximum Gasteiger partial charge on any atom is 0.308 e. The predicted octanol–water partition coefficient (Wildman–Crippen LogP) is 5.66. The van der Waals surface area contributed by atoms with E-state index < -0.39 is 23.0 Å². The molecule has 208 valence electrons. The van der Waals surface area contributed by atoms with Gasteiger partial charge in [-0.2, -0.15) is 0 Å². The van der Waals surface area contributed by atoms with Crippen LogP contribution in [0.3, 0.4) is 0 Å². The first-order chi connectivity index (χ1) is 19.7. The van der Waals surface area contributed by atoms with Crippen LogP contribution < -0.4 is 19.8 Å². The molecule has 8 nitrogen and oxygen atoms in total. The average molecular weight is 627 g/mol. The SMILES string of the molecule is COc1ccc(NC(=O)Cn2c3c(sc2=O)[C@@H](c2ccc(Cl)cc2)[C@H]2C(=O)N(c4ccc(Cl)cc4)C(=O)[C@H]2S3)cc1. The molecule has 2 aliphatic heterocycles. The van der Waals surface area contributed by atoms with Crippen molar-refractivity contribution in [3.05, 3.63) is 103 Å². The normalized spacial score (nSPS) is 19.6. The molecule has 0 unspecified atom stereocenters. The molecule has 3 heterocycles. The number of rotatable bonds is 6. The van der Waals surface area contributed by atoms with E-state index in [2.05, 4.69) is 5.32 Å². The molecule has 1 fully saturated rings. The zero-order valence-electron chi connectivity index (χ0n) is 21.4. The van der Waals surface area contributed by atoms with Gasteiger partial charge in [0.1, 0.15) is 17.5 Å². The van der Waals surface area contributed by atoms with Crippen molar-refractivity contribution in [2.75, 3.05) is 17.3 Å². The zero-order chi connectivity index (χ0) is 28.8. The molecule has 3 amide bonds. The maximum atomic E-state index is 13.9. The van der Waals surface area contributed by atoms with Crippen LogP contribution in [0.5, 0.6) is 5.75 Å². The van der Waals surface area contributed by atoms with Crippen molar-refractivity contribution in [2.45, 2.75) is 22.7 Å². The lowest BCUT2D eigenvalue weighted by Crippen LogP contribution is -2.33. The van der Waals surface area contributed by atoms with Gasteiger partial charge >= 0.3 is 4.87 Å². The van der Waals surface area contributed by atoms with Crippen molar-refractivity contribution in [3.63, 3.8) is 0 Å². The number of imide groups is 1. The molecule has 0 saturated carbocycles. The first-order valence-corrected chi connectivity index (χ1v) is 14.9. The first kappa shape index (κ1) is 27.6. The number of carbonyl (C=O) groups excluding carboxylic acids is 3. The average Bonchev–Trinajstić information content (AvgIpc) is 3.40. The molecule has 1 N–H and O–H groups in total. The van der Waals surface area contributed by atoms with E-state index in [9.17, 15) is 19.2 Å². The van der Waals surface area contributed by atoms with E-state index in [4.69, 9.17) is 27.9 Å². The molecule has 1 saturated heterocycles. The Morgan fingerprint density at radius 2 is 1.54 bits per heavy atom. The number of hydrogen-bond acceptors (Lipinski definition) is 7. The van der Waals surface area contributed by atoms with Crippen LogP contribution in [0.15, 0.2) is 82.6 Å². The number of aromatic nitrogens is 1. The summed E-state index contributed by atoms with van der Waals surface area (Å²) in [6, 6.07) is 20.4. The summed E-state index contributed by atoms with van der Waals surface area (Å²) in [5, 5.41) is 3.51. The highest BCUT2D eigenvalue weighted by Gasteiger charge is 2.56. The van der Waals surface area contributed by atoms with Crippen LogP contribution >= 0.6 is 46.3 Å². The number of nitrogens with zero attached hydrogens (tertiary/aromatic N) is 2. The highest BCUT2D eigenvalue weighted by molar-refractivity contribution is 8.00. The Balaban J connectivity index is 1.38. The maximum absolute atomic E-state index is 13.9. The van der Waals surface area contributed by atoms with E-state index in [1.807, 2.05) is 0 Å². The summed E-state index contributed by atoms with van der Waals surface area (Å²) in [6.07, 6.45) is 0. The lowest BCUT2D eigenvalue weighted by molar-refractivity contribution is -0.122. The summed E-state index contributed by atoms with van der Waals surface area (Å²) in [7, 11) is 1.55. The van der Waals surface area contributed by atoms with Gasteiger partial charge in [0, 0.05) is 26.5 Å². The number of anilines is 2. The second-order valence-electron chi connectivity index (χ2n) is 9.48. The summed E-state index contributed by atoms with van der Waals surface area (Å²) in [6.45, 7) is -0.253. The van der Waals surface area contributed by atoms with Gasteiger partial charge in [-0.25, -0.2) is 4.90 Å². The minimum absolute atomic E-state index is 0.253. The summed E-state index contributed by atoms with van der Waals surface area (Å²) in [4.78, 5) is 55.4. The van der Waals surface area contributed by atoms with Gasteiger partial charge in [-0.15, -0.1) is 0 Å². The number of ether oxygens (including phenoxy) is 1. The van der Waals surface area contributed by atoms with E-state index >= 15 is 0 Å². The second kappa shape index (κ2) is 11.0. The highest BCUT2D eigenvalue weighted by atomic mass is 35.5. The van der Waals surface area contributed by atoms with Gasteiger partial charge in [-0.3, -0.25) is 23.7 Å². The van der Waals surface area contributed by atoms with Gasteiger partial charge in [-0.05, 0) is 66.2 Å². The number of thioether (sulfide) groups is 1. The molecule has 3 atom stereocenters. The largest absolute Gasteiger partial charge is 0.497 e. The quantitative estimate of drug-likeness (QED) is 0.278. The van der Waals surface area contributed by atoms with E-state index in [0.717, 1.165) is 28.7 Å². The van der Waals surface area contributed by atoms with Crippen LogP contribution in [-0.2, 0) is 20.9 Å². The summed E-state index contributed by atoms with van der Waals surface area (Å²) < 4.78 is 6.53. The van der Waals surface area contributed by atoms with Gasteiger partial charge in [0.2, 0.25) is 17.7 Å². The van der Waals surface area contributed by atoms with Gasteiger partial charge < -0.3 is 10.1 Å². The lowest BCUT2D eigenvalue weighted by atomic mass is 9.83. The Labute approximate surface area is 252 Å². The van der Waals surface area contributed by atoms with Crippen molar-refractivity contribution in [2.24, 2.45) is 5.92 Å². The molecule has 0 bridgehead atoms. The Kier molecular flexibility index (Phi) is 7.41. The monoisotopic (exact) mass is 625 g/mol. The van der Waals surface area contributed by atoms with Crippen LogP contribution in [0.1, 0.15) is 16.4 Å². The number of halogens is 2. The van der Waals surface area contributed by atoms with Gasteiger partial charge in [0.05, 0.1) is 23.7 Å². The lowest BCUT2D eigenvalue weighted by Gasteiger charge is -2.30. The molecule has 41 heavy (non-hydrogen) atoms. The highest BCUT2D eigenvalue weighted by Crippen LogP contribution is 2.54. The molecule has 1 aromatic heterocycles. The number of hydrogen-bond donors (Lipinski definition) is 1. The summed E-state index contributed by atoms with van der Waals surface area (Å²) in [5.74, 6) is -1.83. The molecule has 3 aromatic carbocycles. The molecule has 4 aromatic rings. The third-order valence-electron chi connectivity index (χ3n) is 7.04. The predicted molar refractivity (Wildman–Crippen MR) is 161 cm³/mol. The minimum Gasteiger partial charge on any atom is -0.497 e. The Morgan fingerprint density at radius 3 is 2.17 bits per heavy atom. The van der Waals surface area contributed by atoms with Crippen LogP contribution in [0.2, 0.25) is 10.0 Å². The van der Waals surface area contributed by atoms with Crippen molar-refractivity contribution >= 4 is 75.4 Å². The van der Waals surface area contributed by atoms with Crippen molar-refractivity contribution < 1.29 is 19.1 Å². The van der Waals surface area contributed by atoms with E-state index in [-0.39, 0.29) is 23.2 Å². The zero-order valence-corrected chi connectivity index (χ0v) is 24.5. The van der Waals surface area contributed by atoms with Gasteiger partial charge in [0.15, 0.2) is 0 Å². The molecule has 0 spiro atoms. The number of benzene rings is 3. The fourth-order valence-corrected chi connectivity index (χ4v) is 8.17. The van der Waals surface area contributed by atoms with Gasteiger partial charge in [0.25, 0.3) is 0 Å². The topological polar surface area (TPSA) is 97.7 Å². The van der Waals surface area contributed by atoms with Crippen LogP contribution in [0.4, 0.5) is 11.4 Å². The van der Waals surface area contributed by atoms with Crippen molar-refractivity contribution in [3.8, 4) is 5.75 Å². The summed E-state index contributed by atoms with van der Waals surface area (Å²) >= 11 is 14.3. The standard InChI is InChI=1S/C29H21Cl2N3O5S2/c1-39-20-12-8-18(9-13-20)32-21(35)14-33-28-25(41-29(33)38)22(15-2-4-16(30)5-3-15)23-24(40-28)27(37)34(26(23)36)19-10-6-17(31)7-11-19/h2-13,22-24H,14H2,1H3,(H,32,35)/t22-,23+,24-/m0/s1.